The van der Waals surface area contributed by atoms with Crippen molar-refractivity contribution in [1.82, 2.24) is 19.7 Å². The molecule has 0 aliphatic carbocycles. The van der Waals surface area contributed by atoms with Crippen molar-refractivity contribution in [2.75, 3.05) is 32.8 Å². The Balaban J connectivity index is 2.05. The Morgan fingerprint density at radius 3 is 2.82 bits per heavy atom. The van der Waals surface area contributed by atoms with Crippen molar-refractivity contribution in [3.8, 4) is 0 Å². The number of hydrogen-bond donors (Lipinski definition) is 1. The number of aromatic amines is 1. The summed E-state index contributed by atoms with van der Waals surface area (Å²) in [7, 11) is 0. The topological polar surface area (TPSA) is 46.1 Å². The monoisotopic (exact) mass is 256 g/mol. The van der Waals surface area contributed by atoms with Gasteiger partial charge in [0, 0.05) is 32.1 Å². The van der Waals surface area contributed by atoms with E-state index in [1.807, 2.05) is 0 Å². The van der Waals surface area contributed by atoms with Gasteiger partial charge in [-0.2, -0.15) is 5.10 Å². The van der Waals surface area contributed by atoms with Crippen LogP contribution in [0.2, 0.25) is 0 Å². The van der Waals surface area contributed by atoms with Crippen molar-refractivity contribution in [2.24, 2.45) is 0 Å². The van der Waals surface area contributed by atoms with Gasteiger partial charge in [-0.15, -0.1) is 0 Å². The van der Waals surface area contributed by atoms with Crippen LogP contribution in [0.4, 0.5) is 0 Å². The highest BCUT2D eigenvalue weighted by atomic mass is 32.1. The number of aromatic nitrogens is 3. The first-order chi connectivity index (χ1) is 8.22. The highest BCUT2D eigenvalue weighted by Gasteiger charge is 2.17. The van der Waals surface area contributed by atoms with Crippen LogP contribution in [0.3, 0.4) is 0 Å². The smallest absolute Gasteiger partial charge is 0.195 e. The number of ether oxygens (including phenoxy) is 1. The van der Waals surface area contributed by atoms with Crippen molar-refractivity contribution < 1.29 is 4.74 Å². The molecular weight excluding hydrogens is 236 g/mol. The number of nitrogens with one attached hydrogen (secondary N) is 1. The van der Waals surface area contributed by atoms with Crippen molar-refractivity contribution in [3.05, 3.63) is 10.6 Å². The van der Waals surface area contributed by atoms with E-state index in [0.717, 1.165) is 49.9 Å². The molecule has 1 unspecified atom stereocenters. The molecular formula is C11H20N4OS. The minimum atomic E-state index is 0.356. The molecule has 2 rings (SSSR count). The molecule has 1 aliphatic heterocycles. The first-order valence-corrected chi connectivity index (χ1v) is 6.59. The van der Waals surface area contributed by atoms with Crippen LogP contribution in [0, 0.1) is 4.77 Å². The van der Waals surface area contributed by atoms with E-state index < -0.39 is 0 Å². The molecule has 6 heteroatoms. The zero-order valence-corrected chi connectivity index (χ0v) is 11.3. The summed E-state index contributed by atoms with van der Waals surface area (Å²) in [4.78, 5) is 2.42. The quantitative estimate of drug-likeness (QED) is 0.827. The van der Waals surface area contributed by atoms with Gasteiger partial charge < -0.3 is 9.30 Å². The molecule has 2 heterocycles. The molecule has 1 aromatic rings. The van der Waals surface area contributed by atoms with Gasteiger partial charge in [0.05, 0.1) is 13.2 Å². The van der Waals surface area contributed by atoms with Gasteiger partial charge in [-0.3, -0.25) is 10.00 Å². The summed E-state index contributed by atoms with van der Waals surface area (Å²) in [5.41, 5.74) is 0. The lowest BCUT2D eigenvalue weighted by Crippen LogP contribution is -2.39. The molecule has 1 atom stereocenters. The third-order valence-corrected chi connectivity index (χ3v) is 3.45. The normalized spacial score (nSPS) is 19.4. The lowest BCUT2D eigenvalue weighted by molar-refractivity contribution is 0.0323. The van der Waals surface area contributed by atoms with Gasteiger partial charge in [-0.05, 0) is 19.1 Å². The highest BCUT2D eigenvalue weighted by molar-refractivity contribution is 7.71. The molecule has 0 aromatic carbocycles. The van der Waals surface area contributed by atoms with E-state index in [4.69, 9.17) is 17.0 Å². The van der Waals surface area contributed by atoms with Crippen LogP contribution in [0.15, 0.2) is 0 Å². The van der Waals surface area contributed by atoms with Gasteiger partial charge in [0.25, 0.3) is 0 Å². The second kappa shape index (κ2) is 5.75. The lowest BCUT2D eigenvalue weighted by Gasteiger charge is -2.29. The summed E-state index contributed by atoms with van der Waals surface area (Å²) in [6, 6.07) is 0.356. The molecule has 0 spiro atoms. The van der Waals surface area contributed by atoms with Crippen LogP contribution in [-0.2, 0) is 11.2 Å². The summed E-state index contributed by atoms with van der Waals surface area (Å²) < 4.78 is 8.21. The Morgan fingerprint density at radius 2 is 2.18 bits per heavy atom. The Hall–Kier alpha value is -0.720. The largest absolute Gasteiger partial charge is 0.379 e. The lowest BCUT2D eigenvalue weighted by atomic mass is 10.2. The van der Waals surface area contributed by atoms with Crippen molar-refractivity contribution in [3.63, 3.8) is 0 Å². The molecule has 0 saturated carbocycles. The average molecular weight is 256 g/mol. The first-order valence-electron chi connectivity index (χ1n) is 6.18. The summed E-state index contributed by atoms with van der Waals surface area (Å²) >= 11 is 5.28. The van der Waals surface area contributed by atoms with E-state index in [1.54, 1.807) is 0 Å². The molecule has 1 fully saturated rings. The van der Waals surface area contributed by atoms with Gasteiger partial charge >= 0.3 is 0 Å². The molecule has 5 nitrogen and oxygen atoms in total. The highest BCUT2D eigenvalue weighted by Crippen LogP contribution is 2.13. The van der Waals surface area contributed by atoms with Gasteiger partial charge in [0.15, 0.2) is 4.77 Å². The average Bonchev–Trinajstić information content (AvgIpc) is 2.71. The number of rotatable bonds is 4. The van der Waals surface area contributed by atoms with E-state index >= 15 is 0 Å². The molecule has 0 bridgehead atoms. The van der Waals surface area contributed by atoms with Gasteiger partial charge in [0.1, 0.15) is 5.82 Å². The fraction of sp³-hybridized carbons (Fsp3) is 0.818. The first kappa shape index (κ1) is 12.7. The maximum absolute atomic E-state index is 5.35. The summed E-state index contributed by atoms with van der Waals surface area (Å²) in [5.74, 6) is 1.04. The maximum Gasteiger partial charge on any atom is 0.195 e. The van der Waals surface area contributed by atoms with E-state index in [1.165, 1.54) is 0 Å². The van der Waals surface area contributed by atoms with E-state index in [9.17, 15) is 0 Å². The minimum Gasteiger partial charge on any atom is -0.379 e. The van der Waals surface area contributed by atoms with E-state index in [2.05, 4.69) is 33.5 Å². The van der Waals surface area contributed by atoms with Gasteiger partial charge in [-0.1, -0.05) is 6.92 Å². The third-order valence-electron chi connectivity index (χ3n) is 3.16. The standard InChI is InChI=1S/C11H20N4OS/c1-3-10-12-13-11(17)15(10)9(2)8-14-4-6-16-7-5-14/h9H,3-8H2,1-2H3,(H,13,17). The summed E-state index contributed by atoms with van der Waals surface area (Å²) in [6.45, 7) is 9.00. The second-order valence-corrected chi connectivity index (χ2v) is 4.82. The van der Waals surface area contributed by atoms with Crippen LogP contribution in [0.5, 0.6) is 0 Å². The predicted octanol–water partition coefficient (Wildman–Crippen LogP) is 1.40. The Labute approximate surface area is 107 Å². The van der Waals surface area contributed by atoms with E-state index in [-0.39, 0.29) is 0 Å². The molecule has 1 N–H and O–H groups in total. The van der Waals surface area contributed by atoms with Crippen LogP contribution < -0.4 is 0 Å². The van der Waals surface area contributed by atoms with Crippen LogP contribution in [0.1, 0.15) is 25.7 Å². The maximum atomic E-state index is 5.35. The SMILES string of the molecule is CCc1n[nH]c(=S)n1C(C)CN1CCOCC1. The predicted molar refractivity (Wildman–Crippen MR) is 68.8 cm³/mol. The number of nitrogens with zero attached hydrogens (tertiary/aromatic N) is 3. The molecule has 17 heavy (non-hydrogen) atoms. The van der Waals surface area contributed by atoms with Gasteiger partial charge in [-0.25, -0.2) is 0 Å². The fourth-order valence-electron chi connectivity index (χ4n) is 2.28. The van der Waals surface area contributed by atoms with Crippen LogP contribution in [0.25, 0.3) is 0 Å². The zero-order valence-electron chi connectivity index (χ0n) is 10.5. The zero-order chi connectivity index (χ0) is 12.3. The Bertz CT molecular complexity index is 408. The molecule has 96 valence electrons. The van der Waals surface area contributed by atoms with Crippen molar-refractivity contribution >= 4 is 12.2 Å². The number of hydrogen-bond acceptors (Lipinski definition) is 4. The summed E-state index contributed by atoms with van der Waals surface area (Å²) in [6.07, 6.45) is 0.903. The molecule has 1 aromatic heterocycles. The third kappa shape index (κ3) is 2.94. The minimum absolute atomic E-state index is 0.356. The number of aryl methyl sites for hydroxylation is 1. The summed E-state index contributed by atoms with van der Waals surface area (Å²) in [5, 5.41) is 7.13. The fourth-order valence-corrected chi connectivity index (χ4v) is 2.61. The molecule has 1 aliphatic rings. The molecule has 1 saturated heterocycles. The van der Waals surface area contributed by atoms with Crippen molar-refractivity contribution in [2.45, 2.75) is 26.3 Å². The van der Waals surface area contributed by atoms with Gasteiger partial charge in [0.2, 0.25) is 0 Å². The number of morpholine rings is 1. The molecule has 0 amide bonds. The molecule has 0 radical (unpaired) electrons. The Morgan fingerprint density at radius 1 is 1.47 bits per heavy atom. The Kier molecular flexibility index (Phi) is 4.31. The van der Waals surface area contributed by atoms with Crippen molar-refractivity contribution in [1.29, 1.82) is 0 Å². The van der Waals surface area contributed by atoms with E-state index in [0.29, 0.717) is 6.04 Å². The number of H-pyrrole nitrogens is 1. The van der Waals surface area contributed by atoms with Crippen LogP contribution in [-0.4, -0.2) is 52.5 Å². The van der Waals surface area contributed by atoms with Crippen LogP contribution >= 0.6 is 12.2 Å². The second-order valence-electron chi connectivity index (χ2n) is 4.43.